The molecule has 2 aromatic heterocycles. The lowest BCUT2D eigenvalue weighted by Crippen LogP contribution is -2.12. The molecule has 24 heavy (non-hydrogen) atoms. The molecule has 0 atom stereocenters. The molecule has 0 aliphatic heterocycles. The van der Waals surface area contributed by atoms with Crippen molar-refractivity contribution < 1.29 is 17.6 Å². The molecule has 4 nitrogen and oxygen atoms in total. The Morgan fingerprint density at radius 1 is 1.17 bits per heavy atom. The van der Waals surface area contributed by atoms with Gasteiger partial charge in [-0.3, -0.25) is 0 Å². The van der Waals surface area contributed by atoms with Crippen LogP contribution >= 0.6 is 35.0 Å². The number of thioether (sulfide) groups is 1. The van der Waals surface area contributed by atoms with Gasteiger partial charge < -0.3 is 0 Å². The molecule has 0 unspecified atom stereocenters. The van der Waals surface area contributed by atoms with Gasteiger partial charge in [-0.15, -0.1) is 0 Å². The van der Waals surface area contributed by atoms with E-state index in [1.807, 2.05) is 0 Å². The Balaban J connectivity index is 2.28. The summed E-state index contributed by atoms with van der Waals surface area (Å²) < 4.78 is 53.3. The Labute approximate surface area is 146 Å². The molecule has 0 aliphatic carbocycles. The molecule has 0 N–H and O–H groups in total. The smallest absolute Gasteiger partial charge is 0.206 e. The van der Waals surface area contributed by atoms with Crippen molar-refractivity contribution in [1.29, 1.82) is 0 Å². The van der Waals surface area contributed by atoms with Crippen LogP contribution in [0, 0.1) is 5.82 Å². The fourth-order valence-corrected chi connectivity index (χ4v) is 3.49. The van der Waals surface area contributed by atoms with E-state index in [1.54, 1.807) is 0 Å². The summed E-state index contributed by atoms with van der Waals surface area (Å²) in [4.78, 5) is 7.73. The lowest BCUT2D eigenvalue weighted by Gasteiger charge is -2.14. The van der Waals surface area contributed by atoms with Gasteiger partial charge in [-0.1, -0.05) is 41.0 Å². The van der Waals surface area contributed by atoms with Gasteiger partial charge in [-0.05, 0) is 12.1 Å². The summed E-state index contributed by atoms with van der Waals surface area (Å²) in [5, 5.41) is 3.56. The van der Waals surface area contributed by atoms with Crippen LogP contribution in [0.5, 0.6) is 0 Å². The molecule has 3 rings (SSSR count). The molecule has 11 heteroatoms. The van der Waals surface area contributed by atoms with Crippen LogP contribution in [0.15, 0.2) is 29.6 Å². The maximum Gasteiger partial charge on any atom is 0.398 e. The van der Waals surface area contributed by atoms with Crippen molar-refractivity contribution in [2.75, 3.05) is 5.75 Å². The molecule has 2 heterocycles. The van der Waals surface area contributed by atoms with Crippen molar-refractivity contribution in [3.8, 4) is 11.1 Å². The van der Waals surface area contributed by atoms with Gasteiger partial charge in [0.2, 0.25) is 0 Å². The van der Waals surface area contributed by atoms with Crippen LogP contribution in [-0.2, 0) is 0 Å². The Morgan fingerprint density at radius 3 is 2.58 bits per heavy atom. The Morgan fingerprint density at radius 2 is 1.92 bits per heavy atom. The molecule has 0 saturated carbocycles. The molecule has 3 aromatic rings. The molecule has 1 aromatic carbocycles. The number of halogens is 6. The minimum absolute atomic E-state index is 0.000821. The average molecular weight is 397 g/mol. The van der Waals surface area contributed by atoms with E-state index in [9.17, 15) is 17.6 Å². The molecule has 0 fully saturated rings. The van der Waals surface area contributed by atoms with Crippen molar-refractivity contribution in [3.05, 3.63) is 40.5 Å². The summed E-state index contributed by atoms with van der Waals surface area (Å²) in [7, 11) is 0. The molecule has 0 aliphatic rings. The highest BCUT2D eigenvalue weighted by atomic mass is 35.5. The third-order valence-corrected chi connectivity index (χ3v) is 4.64. The van der Waals surface area contributed by atoms with Crippen molar-refractivity contribution in [3.63, 3.8) is 0 Å². The number of aromatic nitrogens is 4. The number of hydrogen-bond donors (Lipinski definition) is 0. The van der Waals surface area contributed by atoms with Crippen LogP contribution in [0.4, 0.5) is 17.6 Å². The average Bonchev–Trinajstić information content (AvgIpc) is 2.93. The highest BCUT2D eigenvalue weighted by Gasteiger charge is 2.30. The number of alkyl halides is 3. The molecular formula is C13H6Cl2F4N4S. The maximum atomic E-state index is 14.2. The first-order chi connectivity index (χ1) is 11.3. The molecule has 0 saturated heterocycles. The largest absolute Gasteiger partial charge is 0.398 e. The van der Waals surface area contributed by atoms with Gasteiger partial charge in [-0.25, -0.2) is 4.39 Å². The Bertz CT molecular complexity index is 893. The topological polar surface area (TPSA) is 43.1 Å². The number of hydrogen-bond acceptors (Lipinski definition) is 4. The van der Waals surface area contributed by atoms with E-state index in [-0.39, 0.29) is 32.1 Å². The standard InChI is InChI=1S/C13H6Cl2F4N4S/c14-6-2-1-3-7(16)8(6)9-10(15)22-12-20-5-21-23(12)11(9)24-4-13(17,18)19/h1-3,5H,4H2. The van der Waals surface area contributed by atoms with Crippen LogP contribution in [-0.4, -0.2) is 31.5 Å². The van der Waals surface area contributed by atoms with Crippen molar-refractivity contribution in [2.45, 2.75) is 11.2 Å². The van der Waals surface area contributed by atoms with Gasteiger partial charge in [0.15, 0.2) is 0 Å². The summed E-state index contributed by atoms with van der Waals surface area (Å²) >= 11 is 12.5. The molecule has 0 amide bonds. The van der Waals surface area contributed by atoms with Gasteiger partial charge >= 0.3 is 6.18 Å². The molecular weight excluding hydrogens is 391 g/mol. The summed E-state index contributed by atoms with van der Waals surface area (Å²) in [6, 6.07) is 3.90. The number of fused-ring (bicyclic) bond motifs is 1. The molecule has 0 spiro atoms. The Kier molecular flexibility index (Phi) is 4.58. The number of rotatable bonds is 3. The van der Waals surface area contributed by atoms with E-state index in [0.29, 0.717) is 11.8 Å². The maximum absolute atomic E-state index is 14.2. The predicted molar refractivity (Wildman–Crippen MR) is 83.0 cm³/mol. The van der Waals surface area contributed by atoms with Crippen LogP contribution in [0.1, 0.15) is 0 Å². The molecule has 0 radical (unpaired) electrons. The van der Waals surface area contributed by atoms with Gasteiger partial charge in [0, 0.05) is 5.56 Å². The van der Waals surface area contributed by atoms with Crippen molar-refractivity contribution in [2.24, 2.45) is 0 Å². The third kappa shape index (κ3) is 3.28. The van der Waals surface area contributed by atoms with E-state index < -0.39 is 17.7 Å². The van der Waals surface area contributed by atoms with Crippen LogP contribution < -0.4 is 0 Å². The van der Waals surface area contributed by atoms with E-state index in [0.717, 1.165) is 16.9 Å². The van der Waals surface area contributed by atoms with Gasteiger partial charge in [0.05, 0.1) is 16.3 Å². The second kappa shape index (κ2) is 6.38. The zero-order valence-electron chi connectivity index (χ0n) is 11.5. The monoisotopic (exact) mass is 396 g/mol. The highest BCUT2D eigenvalue weighted by molar-refractivity contribution is 7.99. The number of nitrogens with zero attached hydrogens (tertiary/aromatic N) is 4. The summed E-state index contributed by atoms with van der Waals surface area (Å²) in [5.74, 6) is -1.96. The second-order valence-electron chi connectivity index (χ2n) is 4.56. The van der Waals surface area contributed by atoms with E-state index in [1.165, 1.54) is 12.1 Å². The number of benzene rings is 1. The third-order valence-electron chi connectivity index (χ3n) is 2.93. The quantitative estimate of drug-likeness (QED) is 0.359. The van der Waals surface area contributed by atoms with E-state index >= 15 is 0 Å². The van der Waals surface area contributed by atoms with Crippen LogP contribution in [0.25, 0.3) is 16.9 Å². The second-order valence-corrected chi connectivity index (χ2v) is 6.28. The fraction of sp³-hybridized carbons (Fsp3) is 0.154. The van der Waals surface area contributed by atoms with Crippen molar-refractivity contribution in [1.82, 2.24) is 19.6 Å². The van der Waals surface area contributed by atoms with Crippen molar-refractivity contribution >= 4 is 40.7 Å². The Hall–Kier alpha value is -1.58. The minimum atomic E-state index is -4.44. The minimum Gasteiger partial charge on any atom is -0.206 e. The van der Waals surface area contributed by atoms with Crippen LogP contribution in [0.3, 0.4) is 0 Å². The normalized spacial score (nSPS) is 12.1. The highest BCUT2D eigenvalue weighted by Crippen LogP contribution is 2.42. The van der Waals surface area contributed by atoms with Crippen LogP contribution in [0.2, 0.25) is 10.2 Å². The predicted octanol–water partition coefficient (Wildman–Crippen LogP) is 4.89. The first kappa shape index (κ1) is 17.2. The zero-order chi connectivity index (χ0) is 17.5. The first-order valence-corrected chi connectivity index (χ1v) is 8.05. The van der Waals surface area contributed by atoms with Gasteiger partial charge in [0.1, 0.15) is 22.3 Å². The summed E-state index contributed by atoms with van der Waals surface area (Å²) in [6.07, 6.45) is -3.33. The first-order valence-electron chi connectivity index (χ1n) is 6.31. The van der Waals surface area contributed by atoms with E-state index in [2.05, 4.69) is 15.1 Å². The summed E-state index contributed by atoms with van der Waals surface area (Å²) in [5.41, 5.74) is -0.203. The lowest BCUT2D eigenvalue weighted by atomic mass is 10.1. The summed E-state index contributed by atoms with van der Waals surface area (Å²) in [6.45, 7) is 0. The van der Waals surface area contributed by atoms with Gasteiger partial charge in [0.25, 0.3) is 5.78 Å². The molecule has 0 bridgehead atoms. The SMILES string of the molecule is Fc1cccc(Cl)c1-c1c(Cl)nc2ncnn2c1SCC(F)(F)F. The van der Waals surface area contributed by atoms with Gasteiger partial charge in [-0.2, -0.15) is 32.8 Å². The van der Waals surface area contributed by atoms with E-state index in [4.69, 9.17) is 23.2 Å². The lowest BCUT2D eigenvalue weighted by molar-refractivity contribution is -0.105. The fourth-order valence-electron chi connectivity index (χ4n) is 2.02. The molecule has 126 valence electrons. The zero-order valence-corrected chi connectivity index (χ0v) is 13.8.